The van der Waals surface area contributed by atoms with Crippen LogP contribution in [-0.2, 0) is 4.79 Å². The van der Waals surface area contributed by atoms with E-state index in [0.29, 0.717) is 30.5 Å². The van der Waals surface area contributed by atoms with E-state index >= 15 is 0 Å². The summed E-state index contributed by atoms with van der Waals surface area (Å²) in [5.74, 6) is 3.67. The fraction of sp³-hybridized carbons (Fsp3) is 0.812. The minimum Gasteiger partial charge on any atom is -0.339 e. The number of hydrogen-bond donors (Lipinski definition) is 0. The third kappa shape index (κ3) is 2.94. The fourth-order valence-electron chi connectivity index (χ4n) is 3.66. The fourth-order valence-corrected chi connectivity index (χ4v) is 3.66. The highest BCUT2D eigenvalue weighted by atomic mass is 16.5. The van der Waals surface area contributed by atoms with Crippen molar-refractivity contribution in [2.45, 2.75) is 76.5 Å². The second-order valence-electron chi connectivity index (χ2n) is 6.44. The van der Waals surface area contributed by atoms with Crippen molar-refractivity contribution >= 4 is 5.78 Å². The first-order valence-electron chi connectivity index (χ1n) is 8.11. The molecule has 0 N–H and O–H groups in total. The summed E-state index contributed by atoms with van der Waals surface area (Å²) in [5, 5.41) is 4.23. The molecule has 0 saturated heterocycles. The number of hydrogen-bond acceptors (Lipinski definition) is 4. The van der Waals surface area contributed by atoms with Crippen LogP contribution in [0, 0.1) is 5.92 Å². The average Bonchev–Trinajstić information content (AvgIpc) is 2.98. The molecule has 2 fully saturated rings. The Balaban J connectivity index is 1.65. The van der Waals surface area contributed by atoms with E-state index < -0.39 is 0 Å². The molecule has 0 bridgehead atoms. The second-order valence-corrected chi connectivity index (χ2v) is 6.44. The van der Waals surface area contributed by atoms with Crippen LogP contribution in [0.4, 0.5) is 0 Å². The van der Waals surface area contributed by atoms with Crippen LogP contribution in [0.1, 0.15) is 88.3 Å². The Hall–Kier alpha value is -1.19. The Bertz CT molecular complexity index is 459. The van der Waals surface area contributed by atoms with Crippen molar-refractivity contribution in [2.24, 2.45) is 5.92 Å². The smallest absolute Gasteiger partial charge is 0.229 e. The first-order valence-corrected chi connectivity index (χ1v) is 8.11. The summed E-state index contributed by atoms with van der Waals surface area (Å²) in [6, 6.07) is 0. The highest BCUT2D eigenvalue weighted by Gasteiger charge is 2.29. The van der Waals surface area contributed by atoms with Gasteiger partial charge in [-0.1, -0.05) is 31.3 Å². The number of carbonyl (C=O) groups is 1. The molecule has 110 valence electrons. The van der Waals surface area contributed by atoms with Crippen molar-refractivity contribution in [2.75, 3.05) is 0 Å². The van der Waals surface area contributed by atoms with Crippen LogP contribution in [0.2, 0.25) is 0 Å². The van der Waals surface area contributed by atoms with Crippen LogP contribution in [0.25, 0.3) is 0 Å². The van der Waals surface area contributed by atoms with E-state index in [1.807, 2.05) is 0 Å². The van der Waals surface area contributed by atoms with Crippen LogP contribution >= 0.6 is 0 Å². The SMILES string of the molecule is CCC1CCCC(c2noc(C3CCC(=O)CC3)n2)C1. The van der Waals surface area contributed by atoms with Gasteiger partial charge in [0, 0.05) is 24.7 Å². The van der Waals surface area contributed by atoms with Crippen LogP contribution in [0.5, 0.6) is 0 Å². The molecule has 0 spiro atoms. The Morgan fingerprint density at radius 3 is 2.70 bits per heavy atom. The predicted octanol–water partition coefficient (Wildman–Crippen LogP) is 3.98. The molecule has 1 heterocycles. The normalized spacial score (nSPS) is 28.8. The molecule has 0 radical (unpaired) electrons. The van der Waals surface area contributed by atoms with Crippen LogP contribution in [-0.4, -0.2) is 15.9 Å². The van der Waals surface area contributed by atoms with E-state index in [1.54, 1.807) is 0 Å². The molecule has 2 aliphatic carbocycles. The monoisotopic (exact) mass is 276 g/mol. The lowest BCUT2D eigenvalue weighted by Crippen LogP contribution is -2.15. The number of ketones is 1. The molecule has 0 amide bonds. The Morgan fingerprint density at radius 2 is 1.95 bits per heavy atom. The highest BCUT2D eigenvalue weighted by Crippen LogP contribution is 2.37. The summed E-state index contributed by atoms with van der Waals surface area (Å²) < 4.78 is 5.49. The summed E-state index contributed by atoms with van der Waals surface area (Å²) in [4.78, 5) is 16.0. The molecule has 1 aromatic heterocycles. The number of Topliss-reactive ketones (excluding diaryl/α,β-unsaturated/α-hetero) is 1. The lowest BCUT2D eigenvalue weighted by molar-refractivity contribution is -0.120. The average molecular weight is 276 g/mol. The minimum atomic E-state index is 0.305. The zero-order valence-corrected chi connectivity index (χ0v) is 12.3. The van der Waals surface area contributed by atoms with Gasteiger partial charge in [-0.3, -0.25) is 4.79 Å². The van der Waals surface area contributed by atoms with E-state index in [1.165, 1.54) is 32.1 Å². The maximum atomic E-state index is 11.3. The van der Waals surface area contributed by atoms with Gasteiger partial charge in [0.15, 0.2) is 5.82 Å². The zero-order chi connectivity index (χ0) is 13.9. The number of aromatic nitrogens is 2. The molecule has 4 heteroatoms. The molecule has 3 rings (SSSR count). The maximum absolute atomic E-state index is 11.3. The molecule has 2 saturated carbocycles. The summed E-state index contributed by atoms with van der Waals surface area (Å²) in [6.45, 7) is 2.27. The zero-order valence-electron chi connectivity index (χ0n) is 12.3. The Labute approximate surface area is 120 Å². The molecule has 1 aromatic rings. The van der Waals surface area contributed by atoms with E-state index in [4.69, 9.17) is 4.52 Å². The minimum absolute atomic E-state index is 0.305. The first-order chi connectivity index (χ1) is 9.76. The van der Waals surface area contributed by atoms with Gasteiger partial charge in [-0.15, -0.1) is 0 Å². The standard InChI is InChI=1S/C16H24N2O2/c1-2-11-4-3-5-13(10-11)15-17-16(20-18-15)12-6-8-14(19)9-7-12/h11-13H,2-10H2,1H3. The van der Waals surface area contributed by atoms with Crippen LogP contribution in [0.3, 0.4) is 0 Å². The quantitative estimate of drug-likeness (QED) is 0.838. The van der Waals surface area contributed by atoms with Crippen molar-refractivity contribution in [1.29, 1.82) is 0 Å². The Kier molecular flexibility index (Phi) is 4.18. The molecular formula is C16H24N2O2. The van der Waals surface area contributed by atoms with Crippen molar-refractivity contribution in [3.63, 3.8) is 0 Å². The van der Waals surface area contributed by atoms with Crippen molar-refractivity contribution in [1.82, 2.24) is 10.1 Å². The molecule has 2 aliphatic rings. The third-order valence-corrected chi connectivity index (χ3v) is 5.08. The van der Waals surface area contributed by atoms with Gasteiger partial charge in [-0.2, -0.15) is 4.98 Å². The van der Waals surface area contributed by atoms with E-state index in [-0.39, 0.29) is 0 Å². The lowest BCUT2D eigenvalue weighted by Gasteiger charge is -2.26. The molecule has 0 aliphatic heterocycles. The van der Waals surface area contributed by atoms with Crippen molar-refractivity contribution in [3.8, 4) is 0 Å². The first kappa shape index (κ1) is 13.8. The topological polar surface area (TPSA) is 56.0 Å². The third-order valence-electron chi connectivity index (χ3n) is 5.08. The molecule has 20 heavy (non-hydrogen) atoms. The van der Waals surface area contributed by atoms with Crippen LogP contribution < -0.4 is 0 Å². The van der Waals surface area contributed by atoms with E-state index in [9.17, 15) is 4.79 Å². The van der Waals surface area contributed by atoms with Gasteiger partial charge in [0.1, 0.15) is 5.78 Å². The van der Waals surface area contributed by atoms with E-state index in [0.717, 1.165) is 30.5 Å². The number of carbonyl (C=O) groups excluding carboxylic acids is 1. The largest absolute Gasteiger partial charge is 0.339 e. The van der Waals surface area contributed by atoms with E-state index in [2.05, 4.69) is 17.1 Å². The van der Waals surface area contributed by atoms with Gasteiger partial charge in [0.2, 0.25) is 5.89 Å². The van der Waals surface area contributed by atoms with Gasteiger partial charge < -0.3 is 4.52 Å². The highest BCUT2D eigenvalue weighted by molar-refractivity contribution is 5.79. The van der Waals surface area contributed by atoms with Gasteiger partial charge in [0.25, 0.3) is 0 Å². The second kappa shape index (κ2) is 6.06. The van der Waals surface area contributed by atoms with Gasteiger partial charge in [0.05, 0.1) is 0 Å². The molecular weight excluding hydrogens is 252 g/mol. The summed E-state index contributed by atoms with van der Waals surface area (Å²) >= 11 is 0. The number of rotatable bonds is 3. The number of nitrogens with zero attached hydrogens (tertiary/aromatic N) is 2. The molecule has 4 nitrogen and oxygen atoms in total. The molecule has 2 unspecified atom stereocenters. The van der Waals surface area contributed by atoms with Gasteiger partial charge in [-0.25, -0.2) is 0 Å². The van der Waals surface area contributed by atoms with Gasteiger partial charge >= 0.3 is 0 Å². The molecule has 2 atom stereocenters. The van der Waals surface area contributed by atoms with Crippen molar-refractivity contribution < 1.29 is 9.32 Å². The van der Waals surface area contributed by atoms with Crippen LogP contribution in [0.15, 0.2) is 4.52 Å². The summed E-state index contributed by atoms with van der Waals surface area (Å²) in [6.07, 6.45) is 9.38. The Morgan fingerprint density at radius 1 is 1.15 bits per heavy atom. The predicted molar refractivity (Wildman–Crippen MR) is 75.5 cm³/mol. The maximum Gasteiger partial charge on any atom is 0.229 e. The molecule has 0 aromatic carbocycles. The lowest BCUT2D eigenvalue weighted by atomic mass is 9.80. The summed E-state index contributed by atoms with van der Waals surface area (Å²) in [5.41, 5.74) is 0. The van der Waals surface area contributed by atoms with Gasteiger partial charge in [-0.05, 0) is 31.6 Å². The summed E-state index contributed by atoms with van der Waals surface area (Å²) in [7, 11) is 0. The van der Waals surface area contributed by atoms with Crippen molar-refractivity contribution in [3.05, 3.63) is 11.7 Å².